The minimum absolute atomic E-state index is 0.0603. The van der Waals surface area contributed by atoms with Crippen molar-refractivity contribution in [3.05, 3.63) is 84.3 Å². The molecule has 3 aromatic carbocycles. The number of imidazole rings is 1. The van der Waals surface area contributed by atoms with Crippen LogP contribution < -0.4 is 14.8 Å². The summed E-state index contributed by atoms with van der Waals surface area (Å²) >= 11 is 0. The number of nitrogens with one attached hydrogen (secondary N) is 1. The topological polar surface area (TPSA) is 91.7 Å². The molecule has 1 aliphatic rings. The summed E-state index contributed by atoms with van der Waals surface area (Å²) in [5.74, 6) is -0.0168. The van der Waals surface area contributed by atoms with Gasteiger partial charge < -0.3 is 24.1 Å². The van der Waals surface area contributed by atoms with Gasteiger partial charge in [0.05, 0.1) is 40.9 Å². The fourth-order valence-electron chi connectivity index (χ4n) is 4.99. The maximum absolute atomic E-state index is 13.2. The third-order valence-electron chi connectivity index (χ3n) is 7.28. The van der Waals surface area contributed by atoms with Crippen molar-refractivity contribution in [2.24, 2.45) is 0 Å². The van der Waals surface area contributed by atoms with Gasteiger partial charge in [-0.1, -0.05) is 31.5 Å². The molecule has 0 aliphatic carbocycles. The number of carbonyl (C=O) groups is 1. The first-order valence-electron chi connectivity index (χ1n) is 14.9. The number of alkyl halides is 3. The Morgan fingerprint density at radius 1 is 1.02 bits per heavy atom. The van der Waals surface area contributed by atoms with Gasteiger partial charge in [0.15, 0.2) is 0 Å². The molecule has 0 radical (unpaired) electrons. The van der Waals surface area contributed by atoms with Crippen LogP contribution in [0.1, 0.15) is 37.9 Å². The van der Waals surface area contributed by atoms with Crippen LogP contribution in [-0.2, 0) is 32.6 Å². The van der Waals surface area contributed by atoms with Crippen molar-refractivity contribution < 1.29 is 36.4 Å². The molecule has 1 atom stereocenters. The number of carbonyl (C=O) groups excluding carboxylic acids is 1. The second-order valence-corrected chi connectivity index (χ2v) is 11.9. The zero-order valence-corrected chi connectivity index (χ0v) is 26.2. The van der Waals surface area contributed by atoms with E-state index < -0.39 is 28.8 Å². The van der Waals surface area contributed by atoms with Gasteiger partial charge in [-0.2, -0.15) is 0 Å². The van der Waals surface area contributed by atoms with Crippen LogP contribution in [0.2, 0.25) is 0 Å². The van der Waals surface area contributed by atoms with Crippen molar-refractivity contribution >= 4 is 28.5 Å². The number of rotatable bonds is 13. The van der Waals surface area contributed by atoms with Crippen LogP contribution >= 0.6 is 0 Å². The summed E-state index contributed by atoms with van der Waals surface area (Å²) < 4.78 is 69.8. The lowest BCUT2D eigenvalue weighted by atomic mass is 10.0. The minimum Gasteiger partial charge on any atom is -0.491 e. The van der Waals surface area contributed by atoms with Crippen LogP contribution in [-0.4, -0.2) is 45.9 Å². The van der Waals surface area contributed by atoms with Gasteiger partial charge in [0.2, 0.25) is 5.91 Å². The molecule has 5 rings (SSSR count). The lowest BCUT2D eigenvalue weighted by Crippen LogP contribution is -2.17. The van der Waals surface area contributed by atoms with Crippen LogP contribution in [0.15, 0.2) is 78.0 Å². The van der Waals surface area contributed by atoms with E-state index in [-0.39, 0.29) is 5.56 Å². The number of fused-ring (bicyclic) bond motifs is 3. The van der Waals surface area contributed by atoms with Gasteiger partial charge in [-0.25, -0.2) is 4.98 Å². The SMILES string of the molecule is CCCCOCCOc1ccc(-c2ccc(OC(F)(F)F)c(/C=C/C(=O)Nc3ccc4c(c3)-c3ncn(CC)c3CS4=O)c2)cc1. The number of amides is 1. The molecule has 1 unspecified atom stereocenters. The van der Waals surface area contributed by atoms with Crippen molar-refractivity contribution in [3.8, 4) is 33.9 Å². The summed E-state index contributed by atoms with van der Waals surface area (Å²) in [7, 11) is -1.26. The number of anilines is 1. The molecule has 0 bridgehead atoms. The standard InChI is InChI=1S/C34H34F3N3O5S/c1-3-5-16-43-17-18-44-27-11-6-23(7-12-27)24-8-13-30(45-34(35,36)37)25(19-24)9-15-32(41)39-26-10-14-31-28(20-26)33-29(21-46(31)42)40(4-2)22-38-33/h6-15,19-20,22H,3-5,16-18,21H2,1-2H3,(H,39,41)/b15-9+. The third-order valence-corrected chi connectivity index (χ3v) is 8.66. The van der Waals surface area contributed by atoms with Crippen molar-refractivity contribution in [1.82, 2.24) is 9.55 Å². The number of aromatic nitrogens is 2. The number of hydrogen-bond donors (Lipinski definition) is 1. The van der Waals surface area contributed by atoms with E-state index in [1.807, 2.05) is 11.5 Å². The quantitative estimate of drug-likeness (QED) is 0.118. The largest absolute Gasteiger partial charge is 0.573 e. The average Bonchev–Trinajstić information content (AvgIpc) is 3.45. The molecule has 1 aromatic heterocycles. The van der Waals surface area contributed by atoms with Gasteiger partial charge in [0, 0.05) is 40.9 Å². The summed E-state index contributed by atoms with van der Waals surface area (Å²) in [5.41, 5.74) is 4.09. The van der Waals surface area contributed by atoms with Gasteiger partial charge in [-0.15, -0.1) is 13.2 Å². The van der Waals surface area contributed by atoms with Gasteiger partial charge in [-0.3, -0.25) is 9.00 Å². The van der Waals surface area contributed by atoms with E-state index in [0.29, 0.717) is 65.3 Å². The van der Waals surface area contributed by atoms with Crippen LogP contribution in [0, 0.1) is 0 Å². The smallest absolute Gasteiger partial charge is 0.491 e. The van der Waals surface area contributed by atoms with Gasteiger partial charge in [0.1, 0.15) is 18.1 Å². The van der Waals surface area contributed by atoms with E-state index in [1.165, 1.54) is 24.3 Å². The zero-order valence-electron chi connectivity index (χ0n) is 25.4. The van der Waals surface area contributed by atoms with Crippen molar-refractivity contribution in [2.45, 2.75) is 50.2 Å². The number of halogens is 3. The van der Waals surface area contributed by atoms with Gasteiger partial charge in [-0.05, 0) is 73.0 Å². The molecule has 1 amide bonds. The number of hydrogen-bond acceptors (Lipinski definition) is 6. The molecule has 0 saturated carbocycles. The van der Waals surface area contributed by atoms with E-state index in [2.05, 4.69) is 22.0 Å². The lowest BCUT2D eigenvalue weighted by molar-refractivity contribution is -0.274. The summed E-state index contributed by atoms with van der Waals surface area (Å²) in [4.78, 5) is 18.0. The molecule has 2 heterocycles. The Morgan fingerprint density at radius 2 is 1.80 bits per heavy atom. The van der Waals surface area contributed by atoms with E-state index in [0.717, 1.165) is 30.2 Å². The van der Waals surface area contributed by atoms with Crippen LogP contribution in [0.25, 0.3) is 28.5 Å². The maximum atomic E-state index is 13.2. The van der Waals surface area contributed by atoms with Gasteiger partial charge >= 0.3 is 6.36 Å². The summed E-state index contributed by atoms with van der Waals surface area (Å²) in [6.45, 7) is 6.32. The van der Waals surface area contributed by atoms with Crippen LogP contribution in [0.5, 0.6) is 11.5 Å². The molecule has 242 valence electrons. The first-order valence-corrected chi connectivity index (χ1v) is 16.2. The van der Waals surface area contributed by atoms with Crippen LogP contribution in [0.4, 0.5) is 18.9 Å². The number of benzene rings is 3. The highest BCUT2D eigenvalue weighted by Crippen LogP contribution is 2.37. The molecule has 46 heavy (non-hydrogen) atoms. The molecule has 1 aliphatic heterocycles. The Balaban J connectivity index is 1.31. The highest BCUT2D eigenvalue weighted by Gasteiger charge is 2.32. The Hall–Kier alpha value is -4.42. The molecular formula is C34H34F3N3O5S. The van der Waals surface area contributed by atoms with Crippen molar-refractivity contribution in [3.63, 3.8) is 0 Å². The Labute approximate surface area is 267 Å². The lowest BCUT2D eigenvalue weighted by Gasteiger charge is -2.18. The first-order chi connectivity index (χ1) is 22.1. The number of nitrogens with zero attached hydrogens (tertiary/aromatic N) is 2. The fraction of sp³-hybridized carbons (Fsp3) is 0.294. The number of unbranched alkanes of at least 4 members (excludes halogenated alkanes) is 1. The second kappa shape index (κ2) is 14.8. The van der Waals surface area contributed by atoms with Crippen LogP contribution in [0.3, 0.4) is 0 Å². The zero-order chi connectivity index (χ0) is 32.7. The molecule has 12 heteroatoms. The molecule has 0 fully saturated rings. The normalized spacial score (nSPS) is 14.2. The highest BCUT2D eigenvalue weighted by molar-refractivity contribution is 7.84. The van der Waals surface area contributed by atoms with E-state index >= 15 is 0 Å². The van der Waals surface area contributed by atoms with E-state index in [1.54, 1.807) is 48.8 Å². The maximum Gasteiger partial charge on any atom is 0.573 e. The van der Waals surface area contributed by atoms with E-state index in [9.17, 15) is 22.2 Å². The summed E-state index contributed by atoms with van der Waals surface area (Å²) in [5, 5.41) is 2.73. The highest BCUT2D eigenvalue weighted by atomic mass is 32.2. The molecule has 8 nitrogen and oxygen atoms in total. The number of aryl methyl sites for hydroxylation is 1. The Bertz CT molecular complexity index is 1740. The number of ether oxygens (including phenoxy) is 3. The molecular weight excluding hydrogens is 619 g/mol. The Kier molecular flexibility index (Phi) is 10.6. The minimum atomic E-state index is -4.92. The van der Waals surface area contributed by atoms with Crippen molar-refractivity contribution in [2.75, 3.05) is 25.1 Å². The summed E-state index contributed by atoms with van der Waals surface area (Å²) in [6, 6.07) is 16.4. The van der Waals surface area contributed by atoms with Crippen molar-refractivity contribution in [1.29, 1.82) is 0 Å². The molecule has 0 saturated heterocycles. The first kappa shape index (κ1) is 33.0. The average molecular weight is 654 g/mol. The monoisotopic (exact) mass is 653 g/mol. The van der Waals surface area contributed by atoms with Gasteiger partial charge in [0.25, 0.3) is 0 Å². The fourth-order valence-corrected chi connectivity index (χ4v) is 6.31. The van der Waals surface area contributed by atoms with E-state index in [4.69, 9.17) is 9.47 Å². The molecule has 1 N–H and O–H groups in total. The third kappa shape index (κ3) is 8.24. The summed E-state index contributed by atoms with van der Waals surface area (Å²) in [6.07, 6.45) is 1.24. The Morgan fingerprint density at radius 3 is 2.54 bits per heavy atom. The predicted molar refractivity (Wildman–Crippen MR) is 171 cm³/mol. The second-order valence-electron chi connectivity index (χ2n) is 10.5. The molecule has 0 spiro atoms. The molecule has 4 aromatic rings. The predicted octanol–water partition coefficient (Wildman–Crippen LogP) is 7.60.